The Balaban J connectivity index is 2.03. The van der Waals surface area contributed by atoms with Gasteiger partial charge in [-0.3, -0.25) is 4.98 Å². The molecule has 0 bridgehead atoms. The summed E-state index contributed by atoms with van der Waals surface area (Å²) in [7, 11) is 2.52. The van der Waals surface area contributed by atoms with Gasteiger partial charge < -0.3 is 19.1 Å². The monoisotopic (exact) mass is 392 g/mol. The lowest BCUT2D eigenvalue weighted by molar-refractivity contribution is -0.139. The zero-order valence-electron chi connectivity index (χ0n) is 16.3. The number of anilines is 1. The third kappa shape index (κ3) is 4.35. The van der Waals surface area contributed by atoms with Crippen molar-refractivity contribution in [3.05, 3.63) is 84.0 Å². The molecule has 29 heavy (non-hydrogen) atoms. The summed E-state index contributed by atoms with van der Waals surface area (Å²) < 4.78 is 15.6. The highest BCUT2D eigenvalue weighted by Crippen LogP contribution is 2.32. The quantitative estimate of drug-likeness (QED) is 0.719. The van der Waals surface area contributed by atoms with Gasteiger partial charge in [-0.1, -0.05) is 6.08 Å². The number of carbonyl (C=O) groups is 2. The van der Waals surface area contributed by atoms with Gasteiger partial charge in [-0.2, -0.15) is 0 Å². The highest BCUT2D eigenvalue weighted by molar-refractivity contribution is 6.05. The van der Waals surface area contributed by atoms with Crippen LogP contribution >= 0.6 is 0 Å². The van der Waals surface area contributed by atoms with E-state index in [-0.39, 0.29) is 11.3 Å². The summed E-state index contributed by atoms with van der Waals surface area (Å²) in [5.74, 6) is -0.0594. The molecule has 0 unspecified atom stereocenters. The molecule has 1 aromatic carbocycles. The summed E-state index contributed by atoms with van der Waals surface area (Å²) in [6.45, 7) is 1.88. The topological polar surface area (TPSA) is 78.0 Å². The molecule has 0 saturated carbocycles. The number of rotatable bonds is 5. The molecule has 1 aliphatic heterocycles. The highest BCUT2D eigenvalue weighted by atomic mass is 16.5. The minimum Gasteiger partial charge on any atom is -0.465 e. The predicted octanol–water partition coefficient (Wildman–Crippen LogP) is 3.67. The molecule has 2 heterocycles. The summed E-state index contributed by atoms with van der Waals surface area (Å²) in [5.41, 5.74) is 1.67. The number of hydrogen-bond donors (Lipinski definition) is 0. The number of allylic oxidation sites excluding steroid dienone is 2. The molecule has 0 radical (unpaired) electrons. The van der Waals surface area contributed by atoms with Crippen LogP contribution in [0, 0.1) is 6.92 Å². The summed E-state index contributed by atoms with van der Waals surface area (Å²) in [6.07, 6.45) is 9.86. The van der Waals surface area contributed by atoms with E-state index >= 15 is 0 Å². The van der Waals surface area contributed by atoms with Gasteiger partial charge in [-0.25, -0.2) is 9.59 Å². The number of carbonyl (C=O) groups excluding carboxylic acids is 2. The van der Waals surface area contributed by atoms with E-state index < -0.39 is 11.9 Å². The average molecular weight is 392 g/mol. The fourth-order valence-corrected chi connectivity index (χ4v) is 2.86. The molecule has 1 aromatic heterocycles. The molecule has 2 aromatic rings. The fourth-order valence-electron chi connectivity index (χ4n) is 2.86. The Morgan fingerprint density at radius 2 is 1.79 bits per heavy atom. The molecule has 0 saturated heterocycles. The third-order valence-corrected chi connectivity index (χ3v) is 4.19. The molecule has 7 nitrogen and oxygen atoms in total. The standard InChI is InChI=1S/C22H20N2O5/c1-15-13-16(29-17-7-6-11-23-14-17)9-10-19(15)24-12-5-4-8-18(21(25)27-2)20(24)22(26)28-3/h4-14H,1-3H3. The largest absolute Gasteiger partial charge is 0.465 e. The zero-order valence-corrected chi connectivity index (χ0v) is 16.3. The molecular weight excluding hydrogens is 372 g/mol. The second-order valence-electron chi connectivity index (χ2n) is 6.06. The molecule has 3 rings (SSSR count). The van der Waals surface area contributed by atoms with E-state index in [0.717, 1.165) is 5.56 Å². The molecule has 1 aliphatic rings. The van der Waals surface area contributed by atoms with Crippen molar-refractivity contribution in [3.8, 4) is 11.5 Å². The van der Waals surface area contributed by atoms with E-state index in [2.05, 4.69) is 4.98 Å². The summed E-state index contributed by atoms with van der Waals surface area (Å²) in [4.78, 5) is 30.4. The van der Waals surface area contributed by atoms with Gasteiger partial charge in [0.15, 0.2) is 0 Å². The number of aryl methyl sites for hydroxylation is 1. The van der Waals surface area contributed by atoms with E-state index in [1.54, 1.807) is 59.9 Å². The number of pyridine rings is 1. The summed E-state index contributed by atoms with van der Waals surface area (Å²) in [6, 6.07) is 9.00. The van der Waals surface area contributed by atoms with Crippen LogP contribution in [0.1, 0.15) is 5.56 Å². The van der Waals surface area contributed by atoms with Crippen LogP contribution in [0.4, 0.5) is 5.69 Å². The Morgan fingerprint density at radius 1 is 1.00 bits per heavy atom. The number of nitrogens with zero attached hydrogens (tertiary/aromatic N) is 2. The van der Waals surface area contributed by atoms with Crippen LogP contribution in [-0.4, -0.2) is 31.1 Å². The van der Waals surface area contributed by atoms with Crippen LogP contribution in [0.5, 0.6) is 11.5 Å². The van der Waals surface area contributed by atoms with Crippen LogP contribution in [0.3, 0.4) is 0 Å². The molecular formula is C22H20N2O5. The van der Waals surface area contributed by atoms with Crippen molar-refractivity contribution in [3.63, 3.8) is 0 Å². The number of benzene rings is 1. The molecule has 7 heteroatoms. The molecule has 0 spiro atoms. The lowest BCUT2D eigenvalue weighted by Gasteiger charge is -2.25. The summed E-state index contributed by atoms with van der Waals surface area (Å²) in [5, 5.41) is 0. The van der Waals surface area contributed by atoms with Crippen molar-refractivity contribution >= 4 is 17.6 Å². The van der Waals surface area contributed by atoms with Crippen LogP contribution in [0.25, 0.3) is 0 Å². The van der Waals surface area contributed by atoms with Gasteiger partial charge in [-0.05, 0) is 55.0 Å². The van der Waals surface area contributed by atoms with Crippen molar-refractivity contribution in [2.24, 2.45) is 0 Å². The van der Waals surface area contributed by atoms with Gasteiger partial charge in [-0.15, -0.1) is 0 Å². The SMILES string of the molecule is COC(=O)C1=C(C(=O)OC)N(c2ccc(Oc3cccnc3)cc2C)C=CC=C1. The Labute approximate surface area is 168 Å². The molecule has 0 N–H and O–H groups in total. The lowest BCUT2D eigenvalue weighted by Crippen LogP contribution is -2.27. The maximum atomic E-state index is 12.5. The molecule has 0 fully saturated rings. The van der Waals surface area contributed by atoms with E-state index in [4.69, 9.17) is 14.2 Å². The maximum absolute atomic E-state index is 12.5. The van der Waals surface area contributed by atoms with Crippen LogP contribution < -0.4 is 9.64 Å². The minimum atomic E-state index is -0.656. The normalized spacial score (nSPS) is 13.1. The van der Waals surface area contributed by atoms with Crippen molar-refractivity contribution < 1.29 is 23.8 Å². The fraction of sp³-hybridized carbons (Fsp3) is 0.136. The van der Waals surface area contributed by atoms with Crippen LogP contribution in [0.15, 0.2) is 78.4 Å². The molecule has 0 amide bonds. The maximum Gasteiger partial charge on any atom is 0.355 e. The van der Waals surface area contributed by atoms with E-state index in [1.807, 2.05) is 13.0 Å². The Bertz CT molecular complexity index is 1010. The van der Waals surface area contributed by atoms with Crippen molar-refractivity contribution in [1.29, 1.82) is 0 Å². The highest BCUT2D eigenvalue weighted by Gasteiger charge is 2.28. The van der Waals surface area contributed by atoms with E-state index in [1.165, 1.54) is 20.3 Å². The Hall–Kier alpha value is -3.87. The van der Waals surface area contributed by atoms with Crippen LogP contribution in [-0.2, 0) is 19.1 Å². The smallest absolute Gasteiger partial charge is 0.355 e. The third-order valence-electron chi connectivity index (χ3n) is 4.19. The van der Waals surface area contributed by atoms with Gasteiger partial charge in [0.05, 0.1) is 26.0 Å². The number of esters is 2. The first-order valence-electron chi connectivity index (χ1n) is 8.78. The second kappa shape index (κ2) is 8.88. The summed E-state index contributed by atoms with van der Waals surface area (Å²) >= 11 is 0. The van der Waals surface area contributed by atoms with Gasteiger partial charge in [0, 0.05) is 18.1 Å². The number of ether oxygens (including phenoxy) is 3. The zero-order chi connectivity index (χ0) is 20.8. The van der Waals surface area contributed by atoms with Gasteiger partial charge in [0.1, 0.15) is 17.2 Å². The van der Waals surface area contributed by atoms with Gasteiger partial charge in [0.2, 0.25) is 0 Å². The molecule has 0 aliphatic carbocycles. The van der Waals surface area contributed by atoms with Crippen molar-refractivity contribution in [2.45, 2.75) is 6.92 Å². The molecule has 148 valence electrons. The minimum absolute atomic E-state index is 0.0633. The Kier molecular flexibility index (Phi) is 6.09. The lowest BCUT2D eigenvalue weighted by atomic mass is 10.1. The first-order valence-corrected chi connectivity index (χ1v) is 8.78. The van der Waals surface area contributed by atoms with Crippen molar-refractivity contribution in [2.75, 3.05) is 19.1 Å². The van der Waals surface area contributed by atoms with Gasteiger partial charge >= 0.3 is 11.9 Å². The average Bonchev–Trinajstić information content (AvgIpc) is 2.96. The number of hydrogen-bond acceptors (Lipinski definition) is 7. The van der Waals surface area contributed by atoms with E-state index in [0.29, 0.717) is 17.2 Å². The molecule has 0 atom stereocenters. The van der Waals surface area contributed by atoms with Gasteiger partial charge in [0.25, 0.3) is 0 Å². The second-order valence-corrected chi connectivity index (χ2v) is 6.06. The number of methoxy groups -OCH3 is 2. The predicted molar refractivity (Wildman–Crippen MR) is 107 cm³/mol. The first kappa shape index (κ1) is 19.9. The van der Waals surface area contributed by atoms with Crippen LogP contribution in [0.2, 0.25) is 0 Å². The van der Waals surface area contributed by atoms with Crippen molar-refractivity contribution in [1.82, 2.24) is 4.98 Å². The van der Waals surface area contributed by atoms with E-state index in [9.17, 15) is 9.59 Å². The Morgan fingerprint density at radius 3 is 2.45 bits per heavy atom. The number of aromatic nitrogens is 1. The first-order chi connectivity index (χ1) is 14.0.